The summed E-state index contributed by atoms with van der Waals surface area (Å²) in [6.45, 7) is -1.18. The number of anilines is 1. The number of pyridine rings is 1. The quantitative estimate of drug-likeness (QED) is 0.288. The number of benzene rings is 1. The van der Waals surface area contributed by atoms with E-state index in [1.54, 1.807) is 18.2 Å². The van der Waals surface area contributed by atoms with Crippen molar-refractivity contribution in [1.29, 1.82) is 0 Å². The highest BCUT2D eigenvalue weighted by molar-refractivity contribution is 6.48. The first kappa shape index (κ1) is 28.2. The number of nitrogens with one attached hydrogen (secondary N) is 1. The second kappa shape index (κ2) is 10.4. The van der Waals surface area contributed by atoms with E-state index in [1.165, 1.54) is 6.20 Å². The maximum absolute atomic E-state index is 14.4. The summed E-state index contributed by atoms with van der Waals surface area (Å²) >= 11 is 17.8. The smallest absolute Gasteiger partial charge is 0.346 e. The molecule has 1 aliphatic rings. The summed E-state index contributed by atoms with van der Waals surface area (Å²) in [6.07, 6.45) is -7.72. The van der Waals surface area contributed by atoms with Gasteiger partial charge in [-0.05, 0) is 36.2 Å². The summed E-state index contributed by atoms with van der Waals surface area (Å²) in [5, 5.41) is 11.3. The van der Waals surface area contributed by atoms with Gasteiger partial charge in [0.1, 0.15) is 5.41 Å². The Morgan fingerprint density at radius 1 is 1.11 bits per heavy atom. The molecule has 0 aliphatic carbocycles. The minimum atomic E-state index is -4.81. The number of halogens is 8. The first-order chi connectivity index (χ1) is 17.7. The Bertz CT molecular complexity index is 1330. The van der Waals surface area contributed by atoms with Crippen LogP contribution in [0.4, 0.5) is 27.9 Å². The number of amides is 1. The van der Waals surface area contributed by atoms with Crippen LogP contribution in [-0.4, -0.2) is 45.2 Å². The number of aromatic nitrogens is 3. The highest BCUT2D eigenvalue weighted by Crippen LogP contribution is 2.50. The van der Waals surface area contributed by atoms with E-state index in [0.717, 1.165) is 23.2 Å². The van der Waals surface area contributed by atoms with Gasteiger partial charge in [0, 0.05) is 25.5 Å². The van der Waals surface area contributed by atoms with Gasteiger partial charge >= 0.3 is 12.3 Å². The minimum absolute atomic E-state index is 0.112. The topological polar surface area (TPSA) is 91.2 Å². The lowest BCUT2D eigenvalue weighted by Crippen LogP contribution is -2.45. The molecule has 2 N–H and O–H groups in total. The van der Waals surface area contributed by atoms with Crippen LogP contribution < -0.4 is 10.2 Å². The van der Waals surface area contributed by atoms with Gasteiger partial charge in [-0.2, -0.15) is 22.0 Å². The number of rotatable bonds is 6. The van der Waals surface area contributed by atoms with Gasteiger partial charge < -0.3 is 15.3 Å². The van der Waals surface area contributed by atoms with E-state index in [9.17, 15) is 31.9 Å². The highest BCUT2D eigenvalue weighted by Gasteiger charge is 2.59. The number of alkyl halides is 5. The zero-order chi connectivity index (χ0) is 27.9. The van der Waals surface area contributed by atoms with Gasteiger partial charge in [-0.25, -0.2) is 9.97 Å². The average molecular weight is 597 g/mol. The molecule has 1 aliphatic heterocycles. The molecule has 1 saturated heterocycles. The minimum Gasteiger partial charge on any atom is -0.346 e. The lowest BCUT2D eigenvalue weighted by molar-refractivity contribution is -0.212. The molecule has 0 bridgehead atoms. The van der Waals surface area contributed by atoms with Gasteiger partial charge in [-0.1, -0.05) is 40.9 Å². The molecule has 0 radical (unpaired) electrons. The molecule has 0 saturated carbocycles. The lowest BCUT2D eigenvalue weighted by Gasteiger charge is -2.32. The molecule has 1 atom stereocenters. The maximum atomic E-state index is 14.4. The van der Waals surface area contributed by atoms with Gasteiger partial charge in [0.15, 0.2) is 5.69 Å². The number of hydrogen-bond acceptors (Lipinski definition) is 6. The molecular formula is C23H17Cl3F5N5O2. The largest absolute Gasteiger partial charge is 0.400 e. The number of carbonyl (C=O) groups is 1. The summed E-state index contributed by atoms with van der Waals surface area (Å²) in [4.78, 5) is 25.0. The van der Waals surface area contributed by atoms with Crippen LogP contribution in [0, 0.1) is 0 Å². The summed E-state index contributed by atoms with van der Waals surface area (Å²) in [5.74, 6) is -1.57. The fourth-order valence-electron chi connectivity index (χ4n) is 4.13. The van der Waals surface area contributed by atoms with Crippen LogP contribution in [0.3, 0.4) is 0 Å². The van der Waals surface area contributed by atoms with Crippen molar-refractivity contribution in [2.24, 2.45) is 0 Å². The number of carbonyl (C=O) groups excluding carboxylic acids is 1. The number of nitrogens with zero attached hydrogens (tertiary/aromatic N) is 4. The van der Waals surface area contributed by atoms with Crippen molar-refractivity contribution < 1.29 is 31.9 Å². The van der Waals surface area contributed by atoms with Crippen LogP contribution in [0.25, 0.3) is 0 Å². The van der Waals surface area contributed by atoms with E-state index < -0.39 is 53.8 Å². The van der Waals surface area contributed by atoms with Crippen molar-refractivity contribution in [3.05, 3.63) is 80.3 Å². The van der Waals surface area contributed by atoms with Crippen molar-refractivity contribution in [3.63, 3.8) is 0 Å². The summed E-state index contributed by atoms with van der Waals surface area (Å²) < 4.78 is 71.4. The second-order valence-electron chi connectivity index (χ2n) is 8.48. The Balaban J connectivity index is 1.66. The monoisotopic (exact) mass is 595 g/mol. The van der Waals surface area contributed by atoms with Crippen LogP contribution >= 0.6 is 34.8 Å². The zero-order valence-corrected chi connectivity index (χ0v) is 21.3. The third kappa shape index (κ3) is 5.49. The predicted octanol–water partition coefficient (Wildman–Crippen LogP) is 5.51. The third-order valence-corrected chi connectivity index (χ3v) is 7.29. The van der Waals surface area contributed by atoms with E-state index >= 15 is 0 Å². The molecular weight excluding hydrogens is 580 g/mol. The van der Waals surface area contributed by atoms with E-state index in [1.807, 2.05) is 0 Å². The molecule has 0 spiro atoms. The Labute approximate surface area is 227 Å². The molecule has 2 aromatic heterocycles. The molecule has 15 heteroatoms. The van der Waals surface area contributed by atoms with Crippen molar-refractivity contribution in [2.75, 3.05) is 18.0 Å². The van der Waals surface area contributed by atoms with Gasteiger partial charge in [-0.3, -0.25) is 9.78 Å². The maximum Gasteiger partial charge on any atom is 0.400 e. The molecule has 202 valence electrons. The van der Waals surface area contributed by atoms with Crippen LogP contribution in [0.15, 0.2) is 42.7 Å². The molecule has 1 unspecified atom stereocenters. The van der Waals surface area contributed by atoms with Crippen molar-refractivity contribution in [2.45, 2.75) is 30.7 Å². The van der Waals surface area contributed by atoms with Crippen LogP contribution in [-0.2, 0) is 18.1 Å². The Morgan fingerprint density at radius 3 is 2.37 bits per heavy atom. The van der Waals surface area contributed by atoms with Crippen LogP contribution in [0.1, 0.15) is 33.7 Å². The van der Waals surface area contributed by atoms with Crippen LogP contribution in [0.2, 0.25) is 15.1 Å². The molecule has 1 amide bonds. The fraction of sp³-hybridized carbons (Fsp3) is 0.304. The first-order valence-corrected chi connectivity index (χ1v) is 12.0. The highest BCUT2D eigenvalue weighted by atomic mass is 35.5. The fourth-order valence-corrected chi connectivity index (χ4v) is 4.73. The van der Waals surface area contributed by atoms with Crippen LogP contribution in [0.5, 0.6) is 0 Å². The molecule has 38 heavy (non-hydrogen) atoms. The Morgan fingerprint density at radius 2 is 1.79 bits per heavy atom. The molecule has 3 aromatic rings. The van der Waals surface area contributed by atoms with Gasteiger partial charge in [0.05, 0.1) is 32.9 Å². The number of hydrogen-bond donors (Lipinski definition) is 2. The Kier molecular flexibility index (Phi) is 7.72. The van der Waals surface area contributed by atoms with Gasteiger partial charge in [-0.15, -0.1) is 0 Å². The molecule has 1 aromatic carbocycles. The second-order valence-corrected chi connectivity index (χ2v) is 9.67. The molecule has 4 rings (SSSR count). The standard InChI is InChI=1S/C23H17Cl3F5N5O2/c24-15-7-12(8-16(25)17(15)26)21(23(29,30)31)4-6-36(11-21)20-34-10-14(18(35-20)22(27,28)38)19(37)33-9-13-3-1-2-5-32-13/h1-3,5,7-8,10,38H,4,6,9,11H2,(H,33,37). The van der Waals surface area contributed by atoms with E-state index in [0.29, 0.717) is 5.69 Å². The molecule has 1 fully saturated rings. The average Bonchev–Trinajstić information content (AvgIpc) is 3.32. The van der Waals surface area contributed by atoms with E-state index in [2.05, 4.69) is 20.3 Å². The third-order valence-electron chi connectivity index (χ3n) is 6.09. The zero-order valence-electron chi connectivity index (χ0n) is 19.0. The van der Waals surface area contributed by atoms with Crippen molar-refractivity contribution >= 4 is 46.7 Å². The van der Waals surface area contributed by atoms with Gasteiger partial charge in [0.25, 0.3) is 5.91 Å². The van der Waals surface area contributed by atoms with Crippen molar-refractivity contribution in [3.8, 4) is 0 Å². The van der Waals surface area contributed by atoms with Gasteiger partial charge in [0.2, 0.25) is 5.95 Å². The Hall–Kier alpha value is -2.80. The first-order valence-electron chi connectivity index (χ1n) is 10.9. The summed E-state index contributed by atoms with van der Waals surface area (Å²) in [7, 11) is 0. The summed E-state index contributed by atoms with van der Waals surface area (Å²) in [6, 6.07) is 6.99. The summed E-state index contributed by atoms with van der Waals surface area (Å²) in [5.41, 5.74) is -4.46. The van der Waals surface area contributed by atoms with E-state index in [-0.39, 0.29) is 33.7 Å². The lowest BCUT2D eigenvalue weighted by atomic mass is 9.79. The molecule has 7 nitrogen and oxygen atoms in total. The van der Waals surface area contributed by atoms with Crippen molar-refractivity contribution in [1.82, 2.24) is 20.3 Å². The normalized spacial score (nSPS) is 18.1. The van der Waals surface area contributed by atoms with E-state index in [4.69, 9.17) is 34.8 Å². The predicted molar refractivity (Wildman–Crippen MR) is 130 cm³/mol. The SMILES string of the molecule is O=C(NCc1ccccn1)c1cnc(N2CCC(c3cc(Cl)c(Cl)c(Cl)c3)(C(F)(F)F)C2)nc1C(O)(F)F. The number of aliphatic hydroxyl groups is 1. The molecule has 3 heterocycles.